The second-order valence-corrected chi connectivity index (χ2v) is 5.29. The second kappa shape index (κ2) is 6.09. The molecule has 0 atom stereocenters. The SMILES string of the molecule is CC(=O)Nc1ccc(Cl)c(NC2=C(C)C(=O)CCC2)c1. The first-order valence-corrected chi connectivity index (χ1v) is 6.92. The first-order chi connectivity index (χ1) is 9.47. The Hall–Kier alpha value is -1.81. The van der Waals surface area contributed by atoms with Crippen molar-refractivity contribution in [3.63, 3.8) is 0 Å². The molecule has 0 unspecified atom stereocenters. The van der Waals surface area contributed by atoms with Crippen molar-refractivity contribution in [2.75, 3.05) is 10.6 Å². The van der Waals surface area contributed by atoms with Gasteiger partial charge in [-0.15, -0.1) is 0 Å². The van der Waals surface area contributed by atoms with Gasteiger partial charge in [-0.1, -0.05) is 11.6 Å². The number of hydrogen-bond acceptors (Lipinski definition) is 3. The summed E-state index contributed by atoms with van der Waals surface area (Å²) in [4.78, 5) is 22.8. The number of anilines is 2. The Morgan fingerprint density at radius 2 is 2.05 bits per heavy atom. The molecule has 5 heteroatoms. The van der Waals surface area contributed by atoms with Gasteiger partial charge in [0.25, 0.3) is 0 Å². The molecule has 0 spiro atoms. The molecule has 1 aliphatic carbocycles. The van der Waals surface area contributed by atoms with E-state index in [1.165, 1.54) is 6.92 Å². The summed E-state index contributed by atoms with van der Waals surface area (Å²) in [5, 5.41) is 6.48. The van der Waals surface area contributed by atoms with E-state index in [9.17, 15) is 9.59 Å². The zero-order valence-electron chi connectivity index (χ0n) is 11.5. The van der Waals surface area contributed by atoms with E-state index in [4.69, 9.17) is 11.6 Å². The maximum absolute atomic E-state index is 11.7. The topological polar surface area (TPSA) is 58.2 Å². The van der Waals surface area contributed by atoms with Gasteiger partial charge in [0.2, 0.25) is 5.91 Å². The molecule has 4 nitrogen and oxygen atoms in total. The lowest BCUT2D eigenvalue weighted by Crippen LogP contribution is -2.14. The summed E-state index contributed by atoms with van der Waals surface area (Å²) in [6.45, 7) is 3.28. The molecule has 0 saturated carbocycles. The van der Waals surface area contributed by atoms with Crippen molar-refractivity contribution < 1.29 is 9.59 Å². The van der Waals surface area contributed by atoms with Crippen LogP contribution in [0.2, 0.25) is 5.02 Å². The predicted molar refractivity (Wildman–Crippen MR) is 80.9 cm³/mol. The number of halogens is 1. The minimum absolute atomic E-state index is 0.137. The number of ketones is 1. The highest BCUT2D eigenvalue weighted by atomic mass is 35.5. The summed E-state index contributed by atoms with van der Waals surface area (Å²) in [5.74, 6) is 0.0365. The van der Waals surface area contributed by atoms with Crippen molar-refractivity contribution in [1.29, 1.82) is 0 Å². The molecule has 1 amide bonds. The van der Waals surface area contributed by atoms with Gasteiger partial charge in [0.1, 0.15) is 0 Å². The van der Waals surface area contributed by atoms with Crippen LogP contribution in [0.15, 0.2) is 29.5 Å². The Morgan fingerprint density at radius 1 is 1.30 bits per heavy atom. The third-order valence-corrected chi connectivity index (χ3v) is 3.60. The molecule has 1 aliphatic rings. The maximum atomic E-state index is 11.7. The first kappa shape index (κ1) is 14.6. The number of allylic oxidation sites excluding steroid dienone is 2. The zero-order chi connectivity index (χ0) is 14.7. The van der Waals surface area contributed by atoms with Gasteiger partial charge >= 0.3 is 0 Å². The van der Waals surface area contributed by atoms with Crippen LogP contribution < -0.4 is 10.6 Å². The van der Waals surface area contributed by atoms with E-state index in [0.29, 0.717) is 22.8 Å². The largest absolute Gasteiger partial charge is 0.357 e. The van der Waals surface area contributed by atoms with Crippen LogP contribution in [-0.4, -0.2) is 11.7 Å². The van der Waals surface area contributed by atoms with E-state index in [1.807, 2.05) is 6.92 Å². The van der Waals surface area contributed by atoms with Crippen molar-refractivity contribution in [2.45, 2.75) is 33.1 Å². The Bertz CT molecular complexity index is 594. The summed E-state index contributed by atoms with van der Waals surface area (Å²) in [6.07, 6.45) is 2.29. The van der Waals surface area contributed by atoms with Crippen LogP contribution in [0.3, 0.4) is 0 Å². The van der Waals surface area contributed by atoms with Crippen molar-refractivity contribution in [3.8, 4) is 0 Å². The van der Waals surface area contributed by atoms with Gasteiger partial charge in [-0.3, -0.25) is 9.59 Å². The lowest BCUT2D eigenvalue weighted by Gasteiger charge is -2.19. The third-order valence-electron chi connectivity index (χ3n) is 3.27. The minimum atomic E-state index is -0.137. The fourth-order valence-electron chi connectivity index (χ4n) is 2.19. The molecule has 0 saturated heterocycles. The number of amides is 1. The molecule has 2 N–H and O–H groups in total. The van der Waals surface area contributed by atoms with Gasteiger partial charge in [0.05, 0.1) is 10.7 Å². The maximum Gasteiger partial charge on any atom is 0.221 e. The average molecular weight is 293 g/mol. The van der Waals surface area contributed by atoms with Gasteiger partial charge in [-0.2, -0.15) is 0 Å². The van der Waals surface area contributed by atoms with E-state index in [1.54, 1.807) is 18.2 Å². The molecule has 0 aromatic heterocycles. The van der Waals surface area contributed by atoms with Gasteiger partial charge in [0, 0.05) is 30.3 Å². The monoisotopic (exact) mass is 292 g/mol. The fourth-order valence-corrected chi connectivity index (χ4v) is 2.35. The molecular formula is C15H17ClN2O2. The Morgan fingerprint density at radius 3 is 2.75 bits per heavy atom. The third kappa shape index (κ3) is 3.39. The Labute approximate surface area is 123 Å². The minimum Gasteiger partial charge on any atom is -0.357 e. The van der Waals surface area contributed by atoms with Gasteiger partial charge < -0.3 is 10.6 Å². The number of Topliss-reactive ketones (excluding diaryl/α,β-unsaturated/α-hetero) is 1. The van der Waals surface area contributed by atoms with Crippen LogP contribution in [0.5, 0.6) is 0 Å². The molecule has 0 aliphatic heterocycles. The van der Waals surface area contributed by atoms with Crippen molar-refractivity contribution in [3.05, 3.63) is 34.5 Å². The highest BCUT2D eigenvalue weighted by Crippen LogP contribution is 2.30. The Balaban J connectivity index is 2.26. The fraction of sp³-hybridized carbons (Fsp3) is 0.333. The predicted octanol–water partition coefficient (Wildman–Crippen LogP) is 3.74. The van der Waals surface area contributed by atoms with E-state index >= 15 is 0 Å². The summed E-state index contributed by atoms with van der Waals surface area (Å²) in [7, 11) is 0. The smallest absolute Gasteiger partial charge is 0.221 e. The number of benzene rings is 1. The quantitative estimate of drug-likeness (QED) is 0.892. The van der Waals surface area contributed by atoms with Gasteiger partial charge in [0.15, 0.2) is 5.78 Å². The van der Waals surface area contributed by atoms with Gasteiger partial charge in [-0.25, -0.2) is 0 Å². The Kier molecular flexibility index (Phi) is 4.45. The van der Waals surface area contributed by atoms with Crippen LogP contribution in [0, 0.1) is 0 Å². The van der Waals surface area contributed by atoms with Crippen molar-refractivity contribution in [2.24, 2.45) is 0 Å². The summed E-state index contributed by atoms with van der Waals surface area (Å²) >= 11 is 6.15. The molecule has 1 aromatic rings. The summed E-state index contributed by atoms with van der Waals surface area (Å²) in [5.41, 5.74) is 3.03. The molecule has 1 aromatic carbocycles. The highest BCUT2D eigenvalue weighted by molar-refractivity contribution is 6.33. The van der Waals surface area contributed by atoms with Crippen LogP contribution in [0.1, 0.15) is 33.1 Å². The van der Waals surface area contributed by atoms with E-state index in [2.05, 4.69) is 10.6 Å². The number of rotatable bonds is 3. The van der Waals surface area contributed by atoms with Crippen LogP contribution in [-0.2, 0) is 9.59 Å². The molecule has 2 rings (SSSR count). The molecule has 0 bridgehead atoms. The number of carbonyl (C=O) groups excluding carboxylic acids is 2. The average Bonchev–Trinajstić information content (AvgIpc) is 2.38. The molecule has 20 heavy (non-hydrogen) atoms. The van der Waals surface area contributed by atoms with E-state index in [-0.39, 0.29) is 11.7 Å². The lowest BCUT2D eigenvalue weighted by molar-refractivity contribution is -0.116. The summed E-state index contributed by atoms with van der Waals surface area (Å²) < 4.78 is 0. The highest BCUT2D eigenvalue weighted by Gasteiger charge is 2.17. The number of carbonyl (C=O) groups is 2. The van der Waals surface area contributed by atoms with Crippen LogP contribution in [0.25, 0.3) is 0 Å². The lowest BCUT2D eigenvalue weighted by atomic mass is 9.96. The molecule has 0 heterocycles. The second-order valence-electron chi connectivity index (χ2n) is 4.88. The molecule has 0 fully saturated rings. The van der Waals surface area contributed by atoms with Crippen molar-refractivity contribution in [1.82, 2.24) is 0 Å². The standard InChI is InChI=1S/C15H17ClN2O2/c1-9-13(4-3-5-15(9)20)18-14-8-11(17-10(2)19)6-7-12(14)16/h6-8,18H,3-5H2,1-2H3,(H,17,19). The van der Waals surface area contributed by atoms with Gasteiger partial charge in [-0.05, 0) is 38.0 Å². The zero-order valence-corrected chi connectivity index (χ0v) is 12.3. The normalized spacial score (nSPS) is 15.2. The molecule has 106 valence electrons. The van der Waals surface area contributed by atoms with E-state index in [0.717, 1.165) is 24.1 Å². The van der Waals surface area contributed by atoms with Crippen molar-refractivity contribution >= 4 is 34.7 Å². The number of nitrogens with one attached hydrogen (secondary N) is 2. The first-order valence-electron chi connectivity index (χ1n) is 6.54. The van der Waals surface area contributed by atoms with Crippen LogP contribution >= 0.6 is 11.6 Å². The van der Waals surface area contributed by atoms with Crippen LogP contribution in [0.4, 0.5) is 11.4 Å². The summed E-state index contributed by atoms with van der Waals surface area (Å²) in [6, 6.07) is 5.22. The molecule has 0 radical (unpaired) electrons. The molecular weight excluding hydrogens is 276 g/mol. The number of hydrogen-bond donors (Lipinski definition) is 2. The van der Waals surface area contributed by atoms with E-state index < -0.39 is 0 Å².